The molecular weight excluding hydrogens is 404 g/mol. The summed E-state index contributed by atoms with van der Waals surface area (Å²) in [6, 6.07) is 3.73. The van der Waals surface area contributed by atoms with E-state index in [0.29, 0.717) is 29.6 Å². The van der Waals surface area contributed by atoms with Crippen molar-refractivity contribution in [2.45, 2.75) is 45.3 Å². The molecule has 1 atom stereocenters. The minimum atomic E-state index is -0.506. The van der Waals surface area contributed by atoms with E-state index in [-0.39, 0.29) is 12.1 Å². The van der Waals surface area contributed by atoms with Crippen molar-refractivity contribution in [3.63, 3.8) is 0 Å². The van der Waals surface area contributed by atoms with Crippen molar-refractivity contribution in [2.75, 3.05) is 18.4 Å². The molecule has 1 amide bonds. The molecule has 1 unspecified atom stereocenters. The van der Waals surface area contributed by atoms with Gasteiger partial charge in [0.2, 0.25) is 0 Å². The molecule has 8 nitrogen and oxygen atoms in total. The summed E-state index contributed by atoms with van der Waals surface area (Å²) in [6.45, 7) is 6.88. The van der Waals surface area contributed by atoms with Crippen LogP contribution in [-0.2, 0) is 4.74 Å². The average Bonchev–Trinajstić information content (AvgIpc) is 3.10. The van der Waals surface area contributed by atoms with Crippen LogP contribution in [0.1, 0.15) is 33.6 Å². The first kappa shape index (κ1) is 20.4. The smallest absolute Gasteiger partial charge is 0.410 e. The fraction of sp³-hybridized carbons (Fsp3) is 0.429. The second-order valence-corrected chi connectivity index (χ2v) is 8.85. The third-order valence-electron chi connectivity index (χ3n) is 4.79. The van der Waals surface area contributed by atoms with Gasteiger partial charge in [0, 0.05) is 25.3 Å². The van der Waals surface area contributed by atoms with Crippen molar-refractivity contribution in [3.05, 3.63) is 41.9 Å². The second kappa shape index (κ2) is 8.10. The van der Waals surface area contributed by atoms with Crippen LogP contribution < -0.4 is 5.32 Å². The number of nitrogens with one attached hydrogen (secondary N) is 1. The maximum absolute atomic E-state index is 12.4. The van der Waals surface area contributed by atoms with Crippen LogP contribution in [0.2, 0.25) is 5.02 Å². The molecule has 3 aromatic rings. The van der Waals surface area contributed by atoms with Crippen molar-refractivity contribution < 1.29 is 9.53 Å². The maximum Gasteiger partial charge on any atom is 0.410 e. The number of fused-ring (bicyclic) bond motifs is 1. The second-order valence-electron chi connectivity index (χ2n) is 8.42. The first-order chi connectivity index (χ1) is 14.3. The van der Waals surface area contributed by atoms with Gasteiger partial charge in [-0.2, -0.15) is 0 Å². The minimum Gasteiger partial charge on any atom is -0.444 e. The zero-order valence-electron chi connectivity index (χ0n) is 17.3. The van der Waals surface area contributed by atoms with Gasteiger partial charge in [-0.25, -0.2) is 14.8 Å². The summed E-state index contributed by atoms with van der Waals surface area (Å²) in [5, 5.41) is 4.03. The highest BCUT2D eigenvalue weighted by Gasteiger charge is 2.27. The van der Waals surface area contributed by atoms with Gasteiger partial charge in [0.05, 0.1) is 29.3 Å². The minimum absolute atomic E-state index is 0.0763. The molecule has 4 heterocycles. The number of anilines is 1. The number of amides is 1. The van der Waals surface area contributed by atoms with Crippen LogP contribution in [0.3, 0.4) is 0 Å². The monoisotopic (exact) mass is 428 g/mol. The first-order valence-corrected chi connectivity index (χ1v) is 10.4. The highest BCUT2D eigenvalue weighted by molar-refractivity contribution is 6.30. The molecule has 30 heavy (non-hydrogen) atoms. The zero-order chi connectivity index (χ0) is 21.3. The molecule has 0 aliphatic carbocycles. The molecule has 3 aromatic heterocycles. The molecule has 4 rings (SSSR count). The Morgan fingerprint density at radius 2 is 2.10 bits per heavy atom. The van der Waals surface area contributed by atoms with Gasteiger partial charge in [0.15, 0.2) is 0 Å². The van der Waals surface area contributed by atoms with Gasteiger partial charge in [-0.15, -0.1) is 0 Å². The number of hydrogen-bond acceptors (Lipinski definition) is 6. The van der Waals surface area contributed by atoms with Crippen LogP contribution in [-0.4, -0.2) is 55.1 Å². The number of ether oxygens (including phenoxy) is 1. The zero-order valence-corrected chi connectivity index (χ0v) is 18.1. The van der Waals surface area contributed by atoms with E-state index in [1.807, 2.05) is 31.2 Å². The number of carbonyl (C=O) groups excluding carboxylic acids is 1. The molecule has 1 aliphatic rings. The van der Waals surface area contributed by atoms with E-state index in [4.69, 9.17) is 21.3 Å². The fourth-order valence-electron chi connectivity index (χ4n) is 3.50. The lowest BCUT2D eigenvalue weighted by molar-refractivity contribution is 0.0206. The third-order valence-corrected chi connectivity index (χ3v) is 5.02. The summed E-state index contributed by atoms with van der Waals surface area (Å²) in [4.78, 5) is 27.6. The van der Waals surface area contributed by atoms with Gasteiger partial charge in [-0.1, -0.05) is 11.6 Å². The first-order valence-electron chi connectivity index (χ1n) is 9.98. The SMILES string of the molecule is CC(C)(C)OC(=O)N1CCCC(Nc2cncc(-c3cnc4ccc(Cl)cn34)n2)C1. The Labute approximate surface area is 180 Å². The standard InChI is InChI=1S/C21H25ClN6O2/c1-21(2,3)30-20(29)27-8-4-5-15(13-27)25-18-11-23-9-16(26-18)17-10-24-19-7-6-14(22)12-28(17)19/h6-7,9-12,15H,4-5,8,13H2,1-3H3,(H,25,26). The number of pyridine rings is 1. The van der Waals surface area contributed by atoms with Gasteiger partial charge >= 0.3 is 6.09 Å². The highest BCUT2D eigenvalue weighted by Crippen LogP contribution is 2.23. The lowest BCUT2D eigenvalue weighted by Gasteiger charge is -2.34. The maximum atomic E-state index is 12.4. The third kappa shape index (κ3) is 4.64. The number of halogens is 1. The van der Waals surface area contributed by atoms with Gasteiger partial charge in [-0.05, 0) is 45.7 Å². The quantitative estimate of drug-likeness (QED) is 0.671. The molecule has 1 fully saturated rings. The van der Waals surface area contributed by atoms with Gasteiger partial charge in [0.1, 0.15) is 22.8 Å². The van der Waals surface area contributed by atoms with Crippen molar-refractivity contribution in [1.82, 2.24) is 24.3 Å². The number of carbonyl (C=O) groups is 1. The average molecular weight is 429 g/mol. The molecule has 0 bridgehead atoms. The van der Waals surface area contributed by atoms with Crippen LogP contribution in [0.4, 0.5) is 10.6 Å². The highest BCUT2D eigenvalue weighted by atomic mass is 35.5. The topological polar surface area (TPSA) is 84.6 Å². The summed E-state index contributed by atoms with van der Waals surface area (Å²) in [6.07, 6.45) is 8.50. The van der Waals surface area contributed by atoms with Gasteiger partial charge < -0.3 is 15.0 Å². The molecule has 0 radical (unpaired) electrons. The van der Waals surface area contributed by atoms with E-state index < -0.39 is 5.60 Å². The summed E-state index contributed by atoms with van der Waals surface area (Å²) in [7, 11) is 0. The Kier molecular flexibility index (Phi) is 5.51. The molecule has 0 aromatic carbocycles. The predicted octanol–water partition coefficient (Wildman–Crippen LogP) is 4.26. The van der Waals surface area contributed by atoms with E-state index >= 15 is 0 Å². The molecular formula is C21H25ClN6O2. The Balaban J connectivity index is 1.49. The summed E-state index contributed by atoms with van der Waals surface area (Å²) >= 11 is 6.13. The van der Waals surface area contributed by atoms with Crippen LogP contribution >= 0.6 is 11.6 Å². The number of hydrogen-bond donors (Lipinski definition) is 1. The number of piperidine rings is 1. The summed E-state index contributed by atoms with van der Waals surface area (Å²) < 4.78 is 7.39. The Morgan fingerprint density at radius 1 is 1.27 bits per heavy atom. The van der Waals surface area contributed by atoms with Gasteiger partial charge in [-0.3, -0.25) is 9.38 Å². The Morgan fingerprint density at radius 3 is 2.90 bits per heavy atom. The lowest BCUT2D eigenvalue weighted by atomic mass is 10.1. The summed E-state index contributed by atoms with van der Waals surface area (Å²) in [5.74, 6) is 0.653. The Hall–Kier alpha value is -2.87. The number of aromatic nitrogens is 4. The van der Waals surface area contributed by atoms with Crippen molar-refractivity contribution >= 4 is 29.2 Å². The number of nitrogens with zero attached hydrogens (tertiary/aromatic N) is 5. The van der Waals surface area contributed by atoms with E-state index in [1.54, 1.807) is 35.8 Å². The number of imidazole rings is 1. The molecule has 0 spiro atoms. The number of likely N-dealkylation sites (tertiary alicyclic amines) is 1. The van der Waals surface area contributed by atoms with E-state index in [2.05, 4.69) is 15.3 Å². The predicted molar refractivity (Wildman–Crippen MR) is 116 cm³/mol. The van der Waals surface area contributed by atoms with Gasteiger partial charge in [0.25, 0.3) is 0 Å². The van der Waals surface area contributed by atoms with Crippen molar-refractivity contribution in [1.29, 1.82) is 0 Å². The molecule has 9 heteroatoms. The van der Waals surface area contributed by atoms with Crippen LogP contribution in [0.25, 0.3) is 17.0 Å². The van der Waals surface area contributed by atoms with Crippen molar-refractivity contribution in [3.8, 4) is 11.4 Å². The van der Waals surface area contributed by atoms with Crippen LogP contribution in [0, 0.1) is 0 Å². The molecule has 1 N–H and O–H groups in total. The summed E-state index contributed by atoms with van der Waals surface area (Å²) in [5.41, 5.74) is 1.78. The fourth-order valence-corrected chi connectivity index (χ4v) is 3.66. The lowest BCUT2D eigenvalue weighted by Crippen LogP contribution is -2.47. The largest absolute Gasteiger partial charge is 0.444 e. The number of rotatable bonds is 3. The molecule has 0 saturated carbocycles. The van der Waals surface area contributed by atoms with Crippen LogP contribution in [0.5, 0.6) is 0 Å². The van der Waals surface area contributed by atoms with Crippen LogP contribution in [0.15, 0.2) is 36.9 Å². The van der Waals surface area contributed by atoms with E-state index in [0.717, 1.165) is 24.2 Å². The molecule has 1 aliphatic heterocycles. The van der Waals surface area contributed by atoms with E-state index in [9.17, 15) is 4.79 Å². The molecule has 1 saturated heterocycles. The normalized spacial score (nSPS) is 17.2. The van der Waals surface area contributed by atoms with E-state index in [1.165, 1.54) is 0 Å². The molecule has 158 valence electrons. The Bertz CT molecular complexity index is 1060. The van der Waals surface area contributed by atoms with Crippen molar-refractivity contribution in [2.24, 2.45) is 0 Å².